The first-order chi connectivity index (χ1) is 14.2. The van der Waals surface area contributed by atoms with Crippen LogP contribution in [0.25, 0.3) is 0 Å². The van der Waals surface area contributed by atoms with Gasteiger partial charge in [-0.1, -0.05) is 17.7 Å². The maximum Gasteiger partial charge on any atom is 0.243 e. The number of amides is 1. The third kappa shape index (κ3) is 3.50. The molecular weight excluding hydrogens is 396 g/mol. The molecule has 1 aliphatic heterocycles. The molecule has 0 aromatic heterocycles. The molecule has 1 N–H and O–H groups in total. The molecule has 4 saturated carbocycles. The van der Waals surface area contributed by atoms with Crippen LogP contribution in [-0.2, 0) is 14.8 Å². The van der Waals surface area contributed by atoms with Crippen molar-refractivity contribution in [2.75, 3.05) is 13.1 Å². The van der Waals surface area contributed by atoms with Crippen LogP contribution in [0.4, 0.5) is 0 Å². The Morgan fingerprint density at radius 1 is 1.00 bits per heavy atom. The van der Waals surface area contributed by atoms with Gasteiger partial charge in [-0.05, 0) is 94.6 Å². The standard InChI is InChI=1S/C24H34N2O3S/c1-16-3-4-22(17(2)9-16)30(28,29)26-7-5-21(6-8-26)25-23(27)24-13-18-10-19(14-24)12-20(11-18)15-24/h3-4,9,18-21H,5-8,10-15H2,1-2H3,(H,25,27). The number of rotatable bonds is 4. The van der Waals surface area contributed by atoms with E-state index in [1.807, 2.05) is 26.0 Å². The first-order valence-corrected chi connectivity index (χ1v) is 13.1. The number of sulfonamides is 1. The van der Waals surface area contributed by atoms with Crippen LogP contribution in [0.1, 0.15) is 62.5 Å². The van der Waals surface area contributed by atoms with Crippen LogP contribution in [0, 0.1) is 37.0 Å². The molecule has 0 atom stereocenters. The fourth-order valence-electron chi connectivity index (χ4n) is 7.20. The van der Waals surface area contributed by atoms with Gasteiger partial charge in [-0.2, -0.15) is 4.31 Å². The normalized spacial score (nSPS) is 34.3. The molecule has 5 nitrogen and oxygen atoms in total. The SMILES string of the molecule is Cc1ccc(S(=O)(=O)N2CCC(NC(=O)C34CC5CC(CC(C5)C3)C4)CC2)c(C)c1. The van der Waals surface area contributed by atoms with Gasteiger partial charge in [0.25, 0.3) is 0 Å². The van der Waals surface area contributed by atoms with Crippen molar-refractivity contribution in [3.63, 3.8) is 0 Å². The van der Waals surface area contributed by atoms with Gasteiger partial charge in [0.15, 0.2) is 0 Å². The van der Waals surface area contributed by atoms with Crippen molar-refractivity contribution in [2.45, 2.75) is 76.2 Å². The highest BCUT2D eigenvalue weighted by molar-refractivity contribution is 7.89. The molecule has 1 saturated heterocycles. The molecule has 4 aliphatic carbocycles. The summed E-state index contributed by atoms with van der Waals surface area (Å²) in [6.45, 7) is 4.78. The molecule has 6 rings (SSSR count). The summed E-state index contributed by atoms with van der Waals surface area (Å²) in [5.74, 6) is 2.53. The molecule has 5 aliphatic rings. The van der Waals surface area contributed by atoms with E-state index in [4.69, 9.17) is 0 Å². The fourth-order valence-corrected chi connectivity index (χ4v) is 8.87. The van der Waals surface area contributed by atoms with Gasteiger partial charge in [0.1, 0.15) is 0 Å². The molecule has 0 unspecified atom stereocenters. The quantitative estimate of drug-likeness (QED) is 0.790. The Hall–Kier alpha value is -1.40. The lowest BCUT2D eigenvalue weighted by Gasteiger charge is -2.56. The minimum absolute atomic E-state index is 0.0936. The summed E-state index contributed by atoms with van der Waals surface area (Å²) < 4.78 is 27.8. The van der Waals surface area contributed by atoms with E-state index >= 15 is 0 Å². The lowest BCUT2D eigenvalue weighted by molar-refractivity contribution is -0.147. The van der Waals surface area contributed by atoms with Gasteiger partial charge >= 0.3 is 0 Å². The second-order valence-corrected chi connectivity index (χ2v) is 12.5. The average Bonchev–Trinajstić information content (AvgIpc) is 2.67. The molecule has 1 aromatic carbocycles. The lowest BCUT2D eigenvalue weighted by atomic mass is 9.49. The van der Waals surface area contributed by atoms with Crippen LogP contribution in [0.3, 0.4) is 0 Å². The highest BCUT2D eigenvalue weighted by Crippen LogP contribution is 2.60. The van der Waals surface area contributed by atoms with Gasteiger partial charge in [-0.15, -0.1) is 0 Å². The number of hydrogen-bond acceptors (Lipinski definition) is 3. The van der Waals surface area contributed by atoms with Gasteiger partial charge in [-0.25, -0.2) is 8.42 Å². The summed E-state index contributed by atoms with van der Waals surface area (Å²) in [6, 6.07) is 5.60. The van der Waals surface area contributed by atoms with Crippen LogP contribution in [0.5, 0.6) is 0 Å². The molecule has 6 heteroatoms. The van der Waals surface area contributed by atoms with Crippen LogP contribution < -0.4 is 5.32 Å². The average molecular weight is 431 g/mol. The molecular formula is C24H34N2O3S. The first-order valence-electron chi connectivity index (χ1n) is 11.6. The summed E-state index contributed by atoms with van der Waals surface area (Å²) >= 11 is 0. The predicted octanol–water partition coefficient (Wildman–Crippen LogP) is 3.79. The maximum atomic E-state index is 13.3. The molecule has 0 spiro atoms. The molecule has 30 heavy (non-hydrogen) atoms. The lowest BCUT2D eigenvalue weighted by Crippen LogP contribution is -2.56. The third-order valence-electron chi connectivity index (χ3n) is 8.26. The van der Waals surface area contributed by atoms with E-state index in [-0.39, 0.29) is 17.4 Å². The zero-order valence-corrected chi connectivity index (χ0v) is 19.0. The van der Waals surface area contributed by atoms with Crippen molar-refractivity contribution >= 4 is 15.9 Å². The fraction of sp³-hybridized carbons (Fsp3) is 0.708. The number of carbonyl (C=O) groups is 1. The van der Waals surface area contributed by atoms with Gasteiger partial charge in [0.2, 0.25) is 15.9 Å². The summed E-state index contributed by atoms with van der Waals surface area (Å²) in [4.78, 5) is 13.7. The van der Waals surface area contributed by atoms with Crippen molar-refractivity contribution < 1.29 is 13.2 Å². The Labute approximate surface area is 180 Å². The smallest absolute Gasteiger partial charge is 0.243 e. The Bertz CT molecular complexity index is 912. The van der Waals surface area contributed by atoms with Crippen molar-refractivity contribution in [1.29, 1.82) is 0 Å². The highest BCUT2D eigenvalue weighted by atomic mass is 32.2. The number of nitrogens with one attached hydrogen (secondary N) is 1. The van der Waals surface area contributed by atoms with Crippen LogP contribution in [0.2, 0.25) is 0 Å². The number of nitrogens with zero attached hydrogens (tertiary/aromatic N) is 1. The minimum atomic E-state index is -3.48. The second-order valence-electron chi connectivity index (χ2n) is 10.6. The Balaban J connectivity index is 1.22. The predicted molar refractivity (Wildman–Crippen MR) is 116 cm³/mol. The van der Waals surface area contributed by atoms with Crippen LogP contribution in [-0.4, -0.2) is 37.8 Å². The topological polar surface area (TPSA) is 66.5 Å². The molecule has 1 amide bonds. The Morgan fingerprint density at radius 2 is 1.57 bits per heavy atom. The minimum Gasteiger partial charge on any atom is -0.353 e. The maximum absolute atomic E-state index is 13.3. The highest BCUT2D eigenvalue weighted by Gasteiger charge is 2.54. The van der Waals surface area contributed by atoms with E-state index in [0.717, 1.165) is 48.1 Å². The third-order valence-corrected chi connectivity index (χ3v) is 10.3. The zero-order valence-electron chi connectivity index (χ0n) is 18.2. The number of hydrogen-bond donors (Lipinski definition) is 1. The van der Waals surface area contributed by atoms with Crippen molar-refractivity contribution in [3.05, 3.63) is 29.3 Å². The number of carbonyl (C=O) groups excluding carboxylic acids is 1. The monoisotopic (exact) mass is 430 g/mol. The molecule has 1 heterocycles. The Morgan fingerprint density at radius 3 is 2.10 bits per heavy atom. The molecule has 0 radical (unpaired) electrons. The van der Waals surface area contributed by atoms with E-state index in [2.05, 4.69) is 5.32 Å². The van der Waals surface area contributed by atoms with Gasteiger partial charge in [-0.3, -0.25) is 4.79 Å². The van der Waals surface area contributed by atoms with Crippen LogP contribution in [0.15, 0.2) is 23.1 Å². The summed E-state index contributed by atoms with van der Waals surface area (Å²) in [5.41, 5.74) is 1.74. The summed E-state index contributed by atoms with van der Waals surface area (Å²) in [6.07, 6.45) is 8.62. The van der Waals surface area contributed by atoms with Crippen molar-refractivity contribution in [1.82, 2.24) is 9.62 Å². The number of aryl methyl sites for hydroxylation is 2. The van der Waals surface area contributed by atoms with E-state index in [0.29, 0.717) is 30.8 Å². The molecule has 1 aromatic rings. The largest absolute Gasteiger partial charge is 0.353 e. The molecule has 5 fully saturated rings. The summed E-state index contributed by atoms with van der Waals surface area (Å²) in [7, 11) is -3.48. The van der Waals surface area contributed by atoms with Gasteiger partial charge in [0, 0.05) is 24.5 Å². The zero-order chi connectivity index (χ0) is 21.1. The van der Waals surface area contributed by atoms with E-state index < -0.39 is 10.0 Å². The van der Waals surface area contributed by atoms with E-state index in [9.17, 15) is 13.2 Å². The molecule has 4 bridgehead atoms. The van der Waals surface area contributed by atoms with Crippen molar-refractivity contribution in [3.8, 4) is 0 Å². The van der Waals surface area contributed by atoms with E-state index in [1.54, 1.807) is 10.4 Å². The molecule has 164 valence electrons. The second kappa shape index (κ2) is 7.33. The summed E-state index contributed by atoms with van der Waals surface area (Å²) in [5, 5.41) is 3.35. The Kier molecular flexibility index (Phi) is 5.01. The van der Waals surface area contributed by atoms with Gasteiger partial charge < -0.3 is 5.32 Å². The number of piperidine rings is 1. The van der Waals surface area contributed by atoms with Crippen LogP contribution >= 0.6 is 0 Å². The first kappa shape index (κ1) is 20.5. The van der Waals surface area contributed by atoms with Gasteiger partial charge in [0.05, 0.1) is 4.90 Å². The van der Waals surface area contributed by atoms with E-state index in [1.165, 1.54) is 19.3 Å². The number of benzene rings is 1. The van der Waals surface area contributed by atoms with Crippen molar-refractivity contribution in [2.24, 2.45) is 23.2 Å².